The highest BCUT2D eigenvalue weighted by atomic mass is 19.4. The van der Waals surface area contributed by atoms with Crippen molar-refractivity contribution in [3.05, 3.63) is 102 Å². The molecule has 0 saturated heterocycles. The molecule has 1 aliphatic rings. The standard InChI is InChI=1S/C23H17F3N4O2/c24-23(25,26)22(29-20(31)18-12-7-13-27-14-18)21(32)30(15-16-8-3-1-4-9-16)19(28-22)17-10-5-2-6-11-17/h1-14H,15H2,(H,29,31)/t22-/m0/s1. The van der Waals surface area contributed by atoms with Crippen molar-refractivity contribution < 1.29 is 22.8 Å². The third kappa shape index (κ3) is 3.84. The van der Waals surface area contributed by atoms with E-state index in [1.165, 1.54) is 18.3 Å². The normalized spacial score (nSPS) is 18.4. The van der Waals surface area contributed by atoms with Gasteiger partial charge in [0.25, 0.3) is 11.8 Å². The fourth-order valence-corrected chi connectivity index (χ4v) is 3.35. The van der Waals surface area contributed by atoms with Crippen LogP contribution in [-0.2, 0) is 11.3 Å². The lowest BCUT2D eigenvalue weighted by atomic mass is 10.1. The van der Waals surface area contributed by atoms with E-state index in [4.69, 9.17) is 0 Å². The molecule has 2 amide bonds. The summed E-state index contributed by atoms with van der Waals surface area (Å²) in [5.74, 6) is -2.67. The highest BCUT2D eigenvalue weighted by Gasteiger charge is 2.67. The maximum atomic E-state index is 14.4. The van der Waals surface area contributed by atoms with Crippen LogP contribution in [0.3, 0.4) is 0 Å². The van der Waals surface area contributed by atoms with Crippen molar-refractivity contribution in [3.63, 3.8) is 0 Å². The molecule has 0 unspecified atom stereocenters. The number of nitrogens with one attached hydrogen (secondary N) is 1. The minimum absolute atomic E-state index is 0.123. The lowest BCUT2D eigenvalue weighted by Crippen LogP contribution is -2.63. The van der Waals surface area contributed by atoms with Crippen LogP contribution in [0, 0.1) is 0 Å². The summed E-state index contributed by atoms with van der Waals surface area (Å²) >= 11 is 0. The molecular formula is C23H17F3N4O2. The van der Waals surface area contributed by atoms with Crippen LogP contribution in [0.2, 0.25) is 0 Å². The van der Waals surface area contributed by atoms with Crippen LogP contribution in [0.1, 0.15) is 21.5 Å². The summed E-state index contributed by atoms with van der Waals surface area (Å²) in [6.07, 6.45) is -2.69. The van der Waals surface area contributed by atoms with E-state index in [0.29, 0.717) is 11.1 Å². The van der Waals surface area contributed by atoms with Crippen molar-refractivity contribution >= 4 is 17.6 Å². The summed E-state index contributed by atoms with van der Waals surface area (Å²) in [6, 6.07) is 19.4. The van der Waals surface area contributed by atoms with Gasteiger partial charge in [-0.2, -0.15) is 13.2 Å². The minimum atomic E-state index is -5.19. The van der Waals surface area contributed by atoms with Gasteiger partial charge in [-0.15, -0.1) is 0 Å². The summed E-state index contributed by atoms with van der Waals surface area (Å²) in [4.78, 5) is 34.4. The molecule has 1 N–H and O–H groups in total. The highest BCUT2D eigenvalue weighted by Crippen LogP contribution is 2.39. The Morgan fingerprint density at radius 3 is 2.22 bits per heavy atom. The van der Waals surface area contributed by atoms with Gasteiger partial charge < -0.3 is 5.32 Å². The Labute approximate surface area is 181 Å². The lowest BCUT2D eigenvalue weighted by Gasteiger charge is -2.29. The lowest BCUT2D eigenvalue weighted by molar-refractivity contribution is -0.196. The number of nitrogens with zero attached hydrogens (tertiary/aromatic N) is 3. The molecule has 2 aromatic carbocycles. The minimum Gasteiger partial charge on any atom is -0.312 e. The van der Waals surface area contributed by atoms with Gasteiger partial charge in [-0.3, -0.25) is 19.5 Å². The molecule has 162 valence electrons. The average Bonchev–Trinajstić information content (AvgIpc) is 3.08. The van der Waals surface area contributed by atoms with Gasteiger partial charge >= 0.3 is 11.8 Å². The maximum absolute atomic E-state index is 14.4. The van der Waals surface area contributed by atoms with Gasteiger partial charge in [0, 0.05) is 18.0 Å². The molecule has 0 bridgehead atoms. The van der Waals surface area contributed by atoms with Crippen molar-refractivity contribution in [3.8, 4) is 0 Å². The predicted octanol–water partition coefficient (Wildman–Crippen LogP) is 3.56. The number of amides is 2. The first kappa shape index (κ1) is 21.2. The number of carbonyl (C=O) groups excluding carboxylic acids is 2. The van der Waals surface area contributed by atoms with Crippen LogP contribution in [0.15, 0.2) is 90.2 Å². The average molecular weight is 438 g/mol. The predicted molar refractivity (Wildman–Crippen MR) is 110 cm³/mol. The molecule has 0 aliphatic carbocycles. The Hall–Kier alpha value is -4.01. The van der Waals surface area contributed by atoms with E-state index in [-0.39, 0.29) is 17.9 Å². The molecule has 1 aliphatic heterocycles. The Bertz CT molecular complexity index is 1150. The first-order chi connectivity index (χ1) is 15.3. The van der Waals surface area contributed by atoms with Crippen LogP contribution in [0.5, 0.6) is 0 Å². The number of benzene rings is 2. The van der Waals surface area contributed by atoms with Crippen molar-refractivity contribution in [2.45, 2.75) is 18.4 Å². The van der Waals surface area contributed by atoms with Gasteiger partial charge in [-0.1, -0.05) is 60.7 Å². The Morgan fingerprint density at radius 2 is 1.62 bits per heavy atom. The molecule has 4 rings (SSSR count). The van der Waals surface area contributed by atoms with Gasteiger partial charge in [0.2, 0.25) is 0 Å². The van der Waals surface area contributed by atoms with Crippen LogP contribution in [0.4, 0.5) is 13.2 Å². The second kappa shape index (κ2) is 8.26. The van der Waals surface area contributed by atoms with E-state index in [1.807, 2.05) is 5.32 Å². The molecule has 6 nitrogen and oxygen atoms in total. The number of halogens is 3. The first-order valence-electron chi connectivity index (χ1n) is 9.62. The maximum Gasteiger partial charge on any atom is 0.442 e. The van der Waals surface area contributed by atoms with Crippen LogP contribution in [-0.4, -0.2) is 39.4 Å². The Balaban J connectivity index is 1.81. The summed E-state index contributed by atoms with van der Waals surface area (Å²) < 4.78 is 43.1. The largest absolute Gasteiger partial charge is 0.442 e. The van der Waals surface area contributed by atoms with E-state index >= 15 is 0 Å². The number of carbonyl (C=O) groups is 2. The monoisotopic (exact) mass is 438 g/mol. The topological polar surface area (TPSA) is 74.7 Å². The second-order valence-electron chi connectivity index (χ2n) is 7.08. The number of alkyl halides is 3. The third-order valence-electron chi connectivity index (χ3n) is 4.93. The molecule has 0 radical (unpaired) electrons. The number of pyridine rings is 1. The van der Waals surface area contributed by atoms with Crippen LogP contribution < -0.4 is 5.32 Å². The highest BCUT2D eigenvalue weighted by molar-refractivity contribution is 6.16. The van der Waals surface area contributed by atoms with Crippen LogP contribution in [0.25, 0.3) is 0 Å². The van der Waals surface area contributed by atoms with Gasteiger partial charge in [-0.25, -0.2) is 4.99 Å². The molecule has 0 spiro atoms. The fraction of sp³-hybridized carbons (Fsp3) is 0.130. The summed E-state index contributed by atoms with van der Waals surface area (Å²) in [5.41, 5.74) is -2.65. The molecule has 9 heteroatoms. The molecule has 2 heterocycles. The Kier molecular flexibility index (Phi) is 5.48. The summed E-state index contributed by atoms with van der Waals surface area (Å²) in [7, 11) is 0. The molecule has 3 aromatic rings. The van der Waals surface area contributed by atoms with E-state index < -0.39 is 23.7 Å². The number of rotatable bonds is 5. The van der Waals surface area contributed by atoms with Crippen molar-refractivity contribution in [2.24, 2.45) is 4.99 Å². The van der Waals surface area contributed by atoms with E-state index in [9.17, 15) is 22.8 Å². The zero-order valence-corrected chi connectivity index (χ0v) is 16.6. The molecule has 0 saturated carbocycles. The summed E-state index contributed by atoms with van der Waals surface area (Å²) in [5, 5.41) is 1.83. The van der Waals surface area contributed by atoms with Crippen molar-refractivity contribution in [1.29, 1.82) is 0 Å². The molecule has 1 atom stereocenters. The molecule has 32 heavy (non-hydrogen) atoms. The SMILES string of the molecule is O=C(N[C@@]1(C(F)(F)F)N=C(c2ccccc2)N(Cc2ccccc2)C1=O)c1cccnc1. The number of hydrogen-bond donors (Lipinski definition) is 1. The number of hydrogen-bond acceptors (Lipinski definition) is 4. The number of aromatic nitrogens is 1. The quantitative estimate of drug-likeness (QED) is 0.662. The summed E-state index contributed by atoms with van der Waals surface area (Å²) in [6.45, 7) is -0.145. The third-order valence-corrected chi connectivity index (χ3v) is 4.93. The number of amidine groups is 1. The van der Waals surface area contributed by atoms with Gasteiger partial charge in [0.1, 0.15) is 5.84 Å². The van der Waals surface area contributed by atoms with Crippen molar-refractivity contribution in [2.75, 3.05) is 0 Å². The second-order valence-corrected chi connectivity index (χ2v) is 7.08. The molecular weight excluding hydrogens is 421 g/mol. The van der Waals surface area contributed by atoms with Crippen LogP contribution >= 0.6 is 0 Å². The van der Waals surface area contributed by atoms with Gasteiger partial charge in [0.15, 0.2) is 0 Å². The van der Waals surface area contributed by atoms with E-state index in [2.05, 4.69) is 9.98 Å². The van der Waals surface area contributed by atoms with E-state index in [0.717, 1.165) is 11.1 Å². The van der Waals surface area contributed by atoms with Gasteiger partial charge in [-0.05, 0) is 17.7 Å². The van der Waals surface area contributed by atoms with Gasteiger partial charge in [0.05, 0.1) is 12.1 Å². The molecule has 0 fully saturated rings. The smallest absolute Gasteiger partial charge is 0.312 e. The number of aliphatic imine (C=N–C) groups is 1. The first-order valence-corrected chi connectivity index (χ1v) is 9.62. The zero-order chi connectivity index (χ0) is 22.8. The van der Waals surface area contributed by atoms with Crippen molar-refractivity contribution in [1.82, 2.24) is 15.2 Å². The van der Waals surface area contributed by atoms with E-state index in [1.54, 1.807) is 60.7 Å². The zero-order valence-electron chi connectivity index (χ0n) is 16.6. The molecule has 1 aromatic heterocycles. The fourth-order valence-electron chi connectivity index (χ4n) is 3.35. The Morgan fingerprint density at radius 1 is 0.969 bits per heavy atom.